The van der Waals surface area contributed by atoms with Gasteiger partial charge in [0.2, 0.25) is 5.65 Å². The largest absolute Gasteiger partial charge is 0.490 e. The van der Waals surface area contributed by atoms with Gasteiger partial charge in [0.1, 0.15) is 24.6 Å². The van der Waals surface area contributed by atoms with Gasteiger partial charge in [0.05, 0.1) is 0 Å². The number of fused-ring (bicyclic) bond motifs is 1. The van der Waals surface area contributed by atoms with E-state index in [-0.39, 0.29) is 35.8 Å². The maximum atomic E-state index is 12.7. The molecule has 10 nitrogen and oxygen atoms in total. The SMILES string of the molecule is CC(C)(C)c1nc(N2CC[C@H](OC(=O)C(F)(F)F)C2COC(=O)C(F)(F)F)c2n[nH]nc2n1. The van der Waals surface area contributed by atoms with E-state index in [2.05, 4.69) is 34.9 Å². The van der Waals surface area contributed by atoms with Crippen LogP contribution >= 0.6 is 0 Å². The Balaban J connectivity index is 1.99. The summed E-state index contributed by atoms with van der Waals surface area (Å²) in [5.74, 6) is -4.77. The van der Waals surface area contributed by atoms with Crippen LogP contribution in [0.2, 0.25) is 0 Å². The van der Waals surface area contributed by atoms with Gasteiger partial charge in [-0.05, 0) is 0 Å². The summed E-state index contributed by atoms with van der Waals surface area (Å²) < 4.78 is 84.6. The Morgan fingerprint density at radius 1 is 1.03 bits per heavy atom. The first kappa shape index (κ1) is 24.4. The Morgan fingerprint density at radius 3 is 2.24 bits per heavy atom. The van der Waals surface area contributed by atoms with Crippen molar-refractivity contribution in [1.82, 2.24) is 25.4 Å². The van der Waals surface area contributed by atoms with Crippen LogP contribution in [0.1, 0.15) is 33.0 Å². The summed E-state index contributed by atoms with van der Waals surface area (Å²) in [6, 6.07) is -1.41. The number of nitrogens with one attached hydrogen (secondary N) is 1. The maximum Gasteiger partial charge on any atom is 0.490 e. The molecule has 182 valence electrons. The molecule has 0 amide bonds. The van der Waals surface area contributed by atoms with Crippen LogP contribution in [0.5, 0.6) is 0 Å². The van der Waals surface area contributed by atoms with E-state index < -0.39 is 48.5 Å². The topological polar surface area (TPSA) is 123 Å². The van der Waals surface area contributed by atoms with Crippen LogP contribution < -0.4 is 4.90 Å². The molecule has 0 aliphatic carbocycles. The molecular formula is C17H18F6N6O4. The maximum absolute atomic E-state index is 12.7. The Bertz CT molecular complexity index is 1050. The summed E-state index contributed by atoms with van der Waals surface area (Å²) in [6.07, 6.45) is -12.4. The molecule has 0 spiro atoms. The van der Waals surface area contributed by atoms with Gasteiger partial charge in [0, 0.05) is 18.4 Å². The number of esters is 2. The molecule has 3 rings (SSSR count). The van der Waals surface area contributed by atoms with Gasteiger partial charge >= 0.3 is 24.3 Å². The average molecular weight is 484 g/mol. The van der Waals surface area contributed by atoms with Gasteiger partial charge in [0.15, 0.2) is 11.3 Å². The number of carbonyl (C=O) groups excluding carboxylic acids is 2. The first-order valence-corrected chi connectivity index (χ1v) is 9.46. The second-order valence-corrected chi connectivity index (χ2v) is 8.20. The van der Waals surface area contributed by atoms with Gasteiger partial charge in [-0.2, -0.15) is 36.7 Å². The van der Waals surface area contributed by atoms with Crippen LogP contribution in [0.15, 0.2) is 0 Å². The molecule has 3 heterocycles. The molecule has 2 atom stereocenters. The Hall–Kier alpha value is -3.20. The molecule has 2 aromatic rings. The first-order valence-electron chi connectivity index (χ1n) is 9.46. The van der Waals surface area contributed by atoms with E-state index >= 15 is 0 Å². The van der Waals surface area contributed by atoms with E-state index in [4.69, 9.17) is 0 Å². The number of hydrogen-bond donors (Lipinski definition) is 1. The number of H-pyrrole nitrogens is 1. The molecule has 16 heteroatoms. The fraction of sp³-hybridized carbons (Fsp3) is 0.647. The Labute approximate surface area is 181 Å². The molecule has 1 unspecified atom stereocenters. The number of anilines is 1. The summed E-state index contributed by atoms with van der Waals surface area (Å²) >= 11 is 0. The second kappa shape index (κ2) is 8.30. The zero-order valence-electron chi connectivity index (χ0n) is 17.4. The lowest BCUT2D eigenvalue weighted by atomic mass is 9.96. The fourth-order valence-corrected chi connectivity index (χ4v) is 3.14. The molecule has 0 radical (unpaired) electrons. The van der Waals surface area contributed by atoms with Crippen LogP contribution in [-0.4, -0.2) is 75.0 Å². The van der Waals surface area contributed by atoms with Crippen molar-refractivity contribution in [3.8, 4) is 0 Å². The third kappa shape index (κ3) is 5.24. The zero-order valence-corrected chi connectivity index (χ0v) is 17.4. The van der Waals surface area contributed by atoms with Crippen LogP contribution in [0, 0.1) is 0 Å². The number of ether oxygens (including phenoxy) is 2. The summed E-state index contributed by atoms with van der Waals surface area (Å²) in [5, 5.41) is 10.1. The molecule has 33 heavy (non-hydrogen) atoms. The van der Waals surface area contributed by atoms with Crippen LogP contribution in [0.3, 0.4) is 0 Å². The van der Waals surface area contributed by atoms with Crippen molar-refractivity contribution in [1.29, 1.82) is 0 Å². The standard InChI is InChI=1S/C17H18F6N6O4/c1-15(2,3)12-24-10-9(26-28-27-10)11(25-12)29-5-4-8(33-14(31)17(21,22)23)7(29)6-32-13(30)16(18,19)20/h7-8H,4-6H2,1-3H3,(H,24,25,26,27,28)/t7?,8-/m0/s1. The predicted octanol–water partition coefficient (Wildman–Crippen LogP) is 2.20. The number of aromatic amines is 1. The molecule has 2 aromatic heterocycles. The summed E-state index contributed by atoms with van der Waals surface area (Å²) in [6.45, 7) is 4.21. The van der Waals surface area contributed by atoms with Gasteiger partial charge in [0.25, 0.3) is 0 Å². The third-order valence-electron chi connectivity index (χ3n) is 4.70. The number of nitrogens with zero attached hydrogens (tertiary/aromatic N) is 5. The highest BCUT2D eigenvalue weighted by atomic mass is 19.4. The van der Waals surface area contributed by atoms with Crippen molar-refractivity contribution in [3.05, 3.63) is 5.82 Å². The highest BCUT2D eigenvalue weighted by Crippen LogP contribution is 2.33. The zero-order chi connectivity index (χ0) is 24.8. The minimum absolute atomic E-state index is 0.0253. The molecule has 1 aliphatic heterocycles. The molecule has 0 bridgehead atoms. The minimum Gasteiger partial charge on any atom is -0.457 e. The van der Waals surface area contributed by atoms with E-state index in [0.717, 1.165) is 0 Å². The van der Waals surface area contributed by atoms with Crippen molar-refractivity contribution in [2.75, 3.05) is 18.1 Å². The normalized spacial score (nSPS) is 19.7. The molecule has 1 N–H and O–H groups in total. The van der Waals surface area contributed by atoms with Gasteiger partial charge in [-0.15, -0.1) is 5.10 Å². The van der Waals surface area contributed by atoms with Crippen LogP contribution in [0.25, 0.3) is 11.2 Å². The van der Waals surface area contributed by atoms with Gasteiger partial charge < -0.3 is 14.4 Å². The van der Waals surface area contributed by atoms with Crippen molar-refractivity contribution in [2.24, 2.45) is 0 Å². The van der Waals surface area contributed by atoms with Gasteiger partial charge in [-0.25, -0.2) is 19.6 Å². The second-order valence-electron chi connectivity index (χ2n) is 8.20. The first-order chi connectivity index (χ1) is 15.1. The summed E-state index contributed by atoms with van der Waals surface area (Å²) in [7, 11) is 0. The van der Waals surface area contributed by atoms with E-state index in [1.54, 1.807) is 20.8 Å². The summed E-state index contributed by atoms with van der Waals surface area (Å²) in [5.41, 5.74) is -0.424. The van der Waals surface area contributed by atoms with Crippen molar-refractivity contribution in [3.63, 3.8) is 0 Å². The van der Waals surface area contributed by atoms with Crippen LogP contribution in [0.4, 0.5) is 32.2 Å². The molecule has 0 saturated carbocycles. The lowest BCUT2D eigenvalue weighted by Crippen LogP contribution is -2.44. The number of halogens is 6. The Kier molecular flexibility index (Phi) is 6.14. The summed E-state index contributed by atoms with van der Waals surface area (Å²) in [4.78, 5) is 32.5. The average Bonchev–Trinajstić information content (AvgIpc) is 3.29. The smallest absolute Gasteiger partial charge is 0.457 e. The molecule has 1 saturated heterocycles. The van der Waals surface area contributed by atoms with E-state index in [0.29, 0.717) is 0 Å². The molecule has 0 aromatic carbocycles. The fourth-order valence-electron chi connectivity index (χ4n) is 3.14. The number of aromatic nitrogens is 5. The number of hydrogen-bond acceptors (Lipinski definition) is 9. The molecule has 1 aliphatic rings. The van der Waals surface area contributed by atoms with Crippen molar-refractivity contribution in [2.45, 2.75) is 57.1 Å². The Morgan fingerprint density at radius 2 is 1.67 bits per heavy atom. The van der Waals surface area contributed by atoms with Gasteiger partial charge in [-0.1, -0.05) is 20.8 Å². The lowest BCUT2D eigenvalue weighted by Gasteiger charge is -2.29. The minimum atomic E-state index is -5.33. The van der Waals surface area contributed by atoms with Crippen molar-refractivity contribution < 1.29 is 45.4 Å². The lowest BCUT2D eigenvalue weighted by molar-refractivity contribution is -0.207. The number of carbonyl (C=O) groups is 2. The number of rotatable bonds is 4. The monoisotopic (exact) mass is 484 g/mol. The third-order valence-corrected chi connectivity index (χ3v) is 4.70. The highest BCUT2D eigenvalue weighted by molar-refractivity contribution is 5.83. The highest BCUT2D eigenvalue weighted by Gasteiger charge is 2.48. The van der Waals surface area contributed by atoms with Gasteiger partial charge in [-0.3, -0.25) is 0 Å². The van der Waals surface area contributed by atoms with Crippen LogP contribution in [-0.2, 0) is 24.5 Å². The van der Waals surface area contributed by atoms with E-state index in [9.17, 15) is 35.9 Å². The molecule has 1 fully saturated rings. The predicted molar refractivity (Wildman–Crippen MR) is 96.9 cm³/mol. The van der Waals surface area contributed by atoms with Crippen molar-refractivity contribution >= 4 is 28.9 Å². The quantitative estimate of drug-likeness (QED) is 0.514. The molecular weight excluding hydrogens is 466 g/mol. The van der Waals surface area contributed by atoms with E-state index in [1.807, 2.05) is 0 Å². The van der Waals surface area contributed by atoms with E-state index in [1.165, 1.54) is 4.90 Å². The number of alkyl halides is 6.